The molecule has 0 radical (unpaired) electrons. The summed E-state index contributed by atoms with van der Waals surface area (Å²) in [5.41, 5.74) is 2.39. The zero-order chi connectivity index (χ0) is 13.1. The highest BCUT2D eigenvalue weighted by molar-refractivity contribution is 7.11. The minimum atomic E-state index is 0.269. The summed E-state index contributed by atoms with van der Waals surface area (Å²) >= 11 is 7.62. The predicted molar refractivity (Wildman–Crippen MR) is 78.3 cm³/mol. The number of aromatic nitrogens is 1. The first kappa shape index (κ1) is 13.5. The summed E-state index contributed by atoms with van der Waals surface area (Å²) in [4.78, 5) is 5.87. The van der Waals surface area contributed by atoms with Gasteiger partial charge in [0.2, 0.25) is 0 Å². The van der Waals surface area contributed by atoms with Gasteiger partial charge in [0, 0.05) is 22.5 Å². The van der Waals surface area contributed by atoms with Crippen LogP contribution in [-0.4, -0.2) is 4.98 Å². The molecule has 1 unspecified atom stereocenters. The molecule has 1 aromatic carbocycles. The van der Waals surface area contributed by atoms with Crippen molar-refractivity contribution in [1.29, 1.82) is 0 Å². The average molecular weight is 281 g/mol. The number of aryl methyl sites for hydroxylation is 2. The van der Waals surface area contributed by atoms with Gasteiger partial charge in [0.05, 0.1) is 10.7 Å². The summed E-state index contributed by atoms with van der Waals surface area (Å²) in [7, 11) is 0. The van der Waals surface area contributed by atoms with Gasteiger partial charge >= 0.3 is 0 Å². The highest BCUT2D eigenvalue weighted by Gasteiger charge is 2.12. The average Bonchev–Trinajstić information content (AvgIpc) is 2.67. The smallest absolute Gasteiger partial charge is 0.0900 e. The Balaban J connectivity index is 1.98. The molecule has 0 aliphatic carbocycles. The molecule has 1 atom stereocenters. The lowest BCUT2D eigenvalue weighted by atomic mass is 10.2. The molecular formula is C14H17ClN2S. The second-order valence-electron chi connectivity index (χ2n) is 4.40. The van der Waals surface area contributed by atoms with E-state index in [0.717, 1.165) is 22.3 Å². The maximum Gasteiger partial charge on any atom is 0.0900 e. The number of rotatable bonds is 4. The first-order valence-corrected chi connectivity index (χ1v) is 7.17. The van der Waals surface area contributed by atoms with Crippen LogP contribution < -0.4 is 5.32 Å². The summed E-state index contributed by atoms with van der Waals surface area (Å²) in [6.45, 7) is 7.15. The Morgan fingerprint density at radius 3 is 2.50 bits per heavy atom. The molecule has 1 heterocycles. The van der Waals surface area contributed by atoms with E-state index < -0.39 is 0 Å². The van der Waals surface area contributed by atoms with Crippen molar-refractivity contribution in [1.82, 2.24) is 10.3 Å². The Hall–Kier alpha value is -0.900. The molecular weight excluding hydrogens is 264 g/mol. The minimum absolute atomic E-state index is 0.269. The third-order valence-corrected chi connectivity index (χ3v) is 4.03. The van der Waals surface area contributed by atoms with Crippen molar-refractivity contribution in [3.63, 3.8) is 0 Å². The molecule has 0 bridgehead atoms. The molecule has 2 aromatic rings. The van der Waals surface area contributed by atoms with E-state index >= 15 is 0 Å². The second-order valence-corrected chi connectivity index (χ2v) is 6.25. The molecule has 18 heavy (non-hydrogen) atoms. The van der Waals surface area contributed by atoms with Gasteiger partial charge in [-0.05, 0) is 38.5 Å². The maximum atomic E-state index is 5.86. The number of hydrogen-bond acceptors (Lipinski definition) is 3. The Morgan fingerprint density at radius 2 is 1.94 bits per heavy atom. The van der Waals surface area contributed by atoms with E-state index in [9.17, 15) is 0 Å². The van der Waals surface area contributed by atoms with E-state index in [0.29, 0.717) is 0 Å². The second kappa shape index (κ2) is 5.83. The van der Waals surface area contributed by atoms with Crippen molar-refractivity contribution in [2.24, 2.45) is 0 Å². The van der Waals surface area contributed by atoms with Crippen molar-refractivity contribution in [3.8, 4) is 0 Å². The van der Waals surface area contributed by atoms with Gasteiger partial charge in [0.1, 0.15) is 0 Å². The van der Waals surface area contributed by atoms with Crippen LogP contribution in [0, 0.1) is 13.8 Å². The number of nitrogens with one attached hydrogen (secondary N) is 1. The zero-order valence-corrected chi connectivity index (χ0v) is 12.4. The summed E-state index contributed by atoms with van der Waals surface area (Å²) in [5.74, 6) is 0. The number of nitrogens with zero attached hydrogens (tertiary/aromatic N) is 1. The molecule has 0 saturated carbocycles. The van der Waals surface area contributed by atoms with Crippen LogP contribution in [0.15, 0.2) is 24.3 Å². The van der Waals surface area contributed by atoms with Gasteiger partial charge in [-0.25, -0.2) is 4.98 Å². The highest BCUT2D eigenvalue weighted by atomic mass is 35.5. The van der Waals surface area contributed by atoms with Crippen LogP contribution in [0.2, 0.25) is 5.02 Å². The molecule has 4 heteroatoms. The third kappa shape index (κ3) is 3.31. The molecule has 0 amide bonds. The molecule has 0 saturated heterocycles. The van der Waals surface area contributed by atoms with Gasteiger partial charge < -0.3 is 5.32 Å². The van der Waals surface area contributed by atoms with E-state index in [1.54, 1.807) is 11.3 Å². The van der Waals surface area contributed by atoms with Crippen LogP contribution in [0.5, 0.6) is 0 Å². The largest absolute Gasteiger partial charge is 0.305 e. The minimum Gasteiger partial charge on any atom is -0.305 e. The molecule has 0 aliphatic rings. The van der Waals surface area contributed by atoms with Gasteiger partial charge in [0.25, 0.3) is 0 Å². The van der Waals surface area contributed by atoms with Crippen LogP contribution >= 0.6 is 22.9 Å². The Bertz CT molecular complexity index is 519. The highest BCUT2D eigenvalue weighted by Crippen LogP contribution is 2.22. The molecule has 96 valence electrons. The van der Waals surface area contributed by atoms with Crippen molar-refractivity contribution in [2.45, 2.75) is 33.4 Å². The fourth-order valence-electron chi connectivity index (χ4n) is 1.92. The first-order chi connectivity index (χ1) is 8.56. The molecule has 0 aliphatic heterocycles. The summed E-state index contributed by atoms with van der Waals surface area (Å²) in [6.07, 6.45) is 0. The third-order valence-electron chi connectivity index (χ3n) is 2.88. The van der Waals surface area contributed by atoms with Crippen molar-refractivity contribution < 1.29 is 0 Å². The van der Waals surface area contributed by atoms with E-state index in [4.69, 9.17) is 11.6 Å². The van der Waals surface area contributed by atoms with Crippen LogP contribution in [0.25, 0.3) is 0 Å². The topological polar surface area (TPSA) is 24.9 Å². The predicted octanol–water partition coefficient (Wildman–Crippen LogP) is 4.26. The first-order valence-electron chi connectivity index (χ1n) is 5.98. The maximum absolute atomic E-state index is 5.86. The van der Waals surface area contributed by atoms with Gasteiger partial charge in [-0.15, -0.1) is 11.3 Å². The summed E-state index contributed by atoms with van der Waals surface area (Å²) in [5, 5.41) is 5.39. The molecule has 1 aromatic heterocycles. The van der Waals surface area contributed by atoms with Gasteiger partial charge in [-0.2, -0.15) is 0 Å². The monoisotopic (exact) mass is 280 g/mol. The van der Waals surface area contributed by atoms with Crippen LogP contribution in [0.1, 0.15) is 34.1 Å². The normalized spacial score (nSPS) is 12.7. The van der Waals surface area contributed by atoms with Gasteiger partial charge in [0.15, 0.2) is 0 Å². The van der Waals surface area contributed by atoms with Crippen LogP contribution in [-0.2, 0) is 6.54 Å². The van der Waals surface area contributed by atoms with Crippen molar-refractivity contribution in [3.05, 3.63) is 50.4 Å². The number of thiazole rings is 1. The lowest BCUT2D eigenvalue weighted by molar-refractivity contribution is 0.561. The lowest BCUT2D eigenvalue weighted by Crippen LogP contribution is -2.19. The molecule has 0 fully saturated rings. The number of halogens is 1. The lowest BCUT2D eigenvalue weighted by Gasteiger charge is -2.12. The SMILES string of the molecule is Cc1nc(C(C)NCc2ccc(Cl)cc2)c(C)s1. The molecule has 2 nitrogen and oxygen atoms in total. The van der Waals surface area contributed by atoms with E-state index in [1.165, 1.54) is 10.4 Å². The van der Waals surface area contributed by atoms with E-state index in [2.05, 4.69) is 24.1 Å². The fourth-order valence-corrected chi connectivity index (χ4v) is 2.96. The summed E-state index contributed by atoms with van der Waals surface area (Å²) < 4.78 is 0. The van der Waals surface area contributed by atoms with E-state index in [1.807, 2.05) is 31.2 Å². The molecule has 1 N–H and O–H groups in total. The van der Waals surface area contributed by atoms with Crippen molar-refractivity contribution >= 4 is 22.9 Å². The number of benzene rings is 1. The Morgan fingerprint density at radius 1 is 1.28 bits per heavy atom. The zero-order valence-electron chi connectivity index (χ0n) is 10.8. The van der Waals surface area contributed by atoms with Gasteiger partial charge in [-0.3, -0.25) is 0 Å². The number of hydrogen-bond donors (Lipinski definition) is 1. The fraction of sp³-hybridized carbons (Fsp3) is 0.357. The van der Waals surface area contributed by atoms with Gasteiger partial charge in [-0.1, -0.05) is 23.7 Å². The quantitative estimate of drug-likeness (QED) is 0.905. The standard InChI is InChI=1S/C14H17ClN2S/c1-9(14-10(2)18-11(3)17-14)16-8-12-4-6-13(15)7-5-12/h4-7,9,16H,8H2,1-3H3. The van der Waals surface area contributed by atoms with Crippen LogP contribution in [0.4, 0.5) is 0 Å². The molecule has 0 spiro atoms. The summed E-state index contributed by atoms with van der Waals surface area (Å²) in [6, 6.07) is 8.19. The Labute approximate surface area is 117 Å². The van der Waals surface area contributed by atoms with Crippen LogP contribution in [0.3, 0.4) is 0 Å². The van der Waals surface area contributed by atoms with E-state index in [-0.39, 0.29) is 6.04 Å². The molecule has 2 rings (SSSR count). The Kier molecular flexibility index (Phi) is 4.38. The van der Waals surface area contributed by atoms with Crippen molar-refractivity contribution in [2.75, 3.05) is 0 Å².